The number of allylic oxidation sites excluding steroid dienone is 7. The van der Waals surface area contributed by atoms with Crippen molar-refractivity contribution in [3.05, 3.63) is 46.3 Å². The van der Waals surface area contributed by atoms with Gasteiger partial charge in [0.15, 0.2) is 5.76 Å². The molecule has 33 heavy (non-hydrogen) atoms. The summed E-state index contributed by atoms with van der Waals surface area (Å²) in [6.07, 6.45) is 15.5. The summed E-state index contributed by atoms with van der Waals surface area (Å²) in [6.45, 7) is 11.8. The molecule has 0 aromatic rings. The van der Waals surface area contributed by atoms with Crippen LogP contribution in [0, 0.1) is 34.0 Å². The second-order valence-electron chi connectivity index (χ2n) is 12.9. The van der Waals surface area contributed by atoms with Gasteiger partial charge in [-0.25, -0.2) is 0 Å². The maximum absolute atomic E-state index is 12.5. The van der Waals surface area contributed by atoms with Crippen molar-refractivity contribution in [1.82, 2.24) is 4.90 Å². The summed E-state index contributed by atoms with van der Waals surface area (Å²) in [4.78, 5) is 14.5. The third-order valence-corrected chi connectivity index (χ3v) is 10.0. The fourth-order valence-electron chi connectivity index (χ4n) is 8.08. The van der Waals surface area contributed by atoms with E-state index in [0.717, 1.165) is 40.9 Å². The number of ketones is 1. The van der Waals surface area contributed by atoms with E-state index in [1.165, 1.54) is 38.5 Å². The van der Waals surface area contributed by atoms with Crippen molar-refractivity contribution in [3.8, 4) is 0 Å². The molecule has 3 nitrogen and oxygen atoms in total. The van der Waals surface area contributed by atoms with Gasteiger partial charge in [0, 0.05) is 11.0 Å². The molecule has 6 unspecified atom stereocenters. The predicted molar refractivity (Wildman–Crippen MR) is 137 cm³/mol. The summed E-state index contributed by atoms with van der Waals surface area (Å²) < 4.78 is 0. The lowest BCUT2D eigenvalue weighted by molar-refractivity contribution is -0.114. The largest absolute Gasteiger partial charge is 0.504 e. The summed E-state index contributed by atoms with van der Waals surface area (Å²) in [5, 5.41) is 10.2. The third-order valence-electron chi connectivity index (χ3n) is 10.0. The smallest absolute Gasteiger partial charge is 0.220 e. The molecule has 0 amide bonds. The summed E-state index contributed by atoms with van der Waals surface area (Å²) in [6, 6.07) is 0. The molecule has 0 bridgehead atoms. The average molecular weight is 452 g/mol. The van der Waals surface area contributed by atoms with Crippen LogP contribution in [0.5, 0.6) is 0 Å². The van der Waals surface area contributed by atoms with Crippen LogP contribution in [-0.4, -0.2) is 36.9 Å². The van der Waals surface area contributed by atoms with Crippen molar-refractivity contribution in [2.24, 2.45) is 34.0 Å². The van der Waals surface area contributed by atoms with Gasteiger partial charge in [-0.05, 0) is 112 Å². The van der Waals surface area contributed by atoms with E-state index in [9.17, 15) is 9.90 Å². The molecule has 5 aliphatic rings. The quantitative estimate of drug-likeness (QED) is 0.430. The van der Waals surface area contributed by atoms with Crippen LogP contribution in [0.4, 0.5) is 0 Å². The molecular formula is C30H45NO2. The Labute approximate surface area is 201 Å². The number of hydrogen-bond donors (Lipinski definition) is 1. The van der Waals surface area contributed by atoms with E-state index in [1.54, 1.807) is 11.6 Å². The highest BCUT2D eigenvalue weighted by Gasteiger charge is 2.60. The zero-order valence-electron chi connectivity index (χ0n) is 22.2. The highest BCUT2D eigenvalue weighted by Crippen LogP contribution is 2.69. The van der Waals surface area contributed by atoms with Gasteiger partial charge in [0.25, 0.3) is 0 Å². The van der Waals surface area contributed by atoms with Gasteiger partial charge < -0.3 is 10.0 Å². The second-order valence-corrected chi connectivity index (χ2v) is 12.9. The summed E-state index contributed by atoms with van der Waals surface area (Å²) in [5.41, 5.74) is 5.18. The second kappa shape index (κ2) is 8.26. The zero-order valence-corrected chi connectivity index (χ0v) is 22.2. The van der Waals surface area contributed by atoms with Crippen LogP contribution in [-0.2, 0) is 4.79 Å². The first-order valence-corrected chi connectivity index (χ1v) is 13.0. The molecule has 0 spiro atoms. The number of fused-ring (bicyclic) bond motifs is 7. The van der Waals surface area contributed by atoms with Gasteiger partial charge in [-0.3, -0.25) is 4.79 Å². The van der Waals surface area contributed by atoms with Gasteiger partial charge in [-0.1, -0.05) is 51.8 Å². The van der Waals surface area contributed by atoms with Crippen LogP contribution in [0.25, 0.3) is 0 Å². The zero-order chi connectivity index (χ0) is 24.3. The highest BCUT2D eigenvalue weighted by molar-refractivity contribution is 6.06. The number of nitrogens with zero attached hydrogens (tertiary/aromatic N) is 1. The molecule has 0 aromatic heterocycles. The standard InChI is InChI=1S/C27H36O2.C3H9N/c1-16-8-10-25(3)12-13-27(5)19(21(25)14-16)9-11-26(4)20-15-22(28)24(29)17(2)18(20)6-7-23(26)27;1-4(2)3/h6-7,15-16,19,21,29H,8-14H2,1-5H3;1-3H3. The van der Waals surface area contributed by atoms with Crippen molar-refractivity contribution in [2.45, 2.75) is 79.6 Å². The molecule has 5 rings (SSSR count). The van der Waals surface area contributed by atoms with Crippen molar-refractivity contribution in [1.29, 1.82) is 0 Å². The maximum atomic E-state index is 12.5. The molecule has 0 heterocycles. The number of aliphatic hydroxyl groups is 1. The molecule has 0 saturated heterocycles. The summed E-state index contributed by atoms with van der Waals surface area (Å²) >= 11 is 0. The number of hydrogen-bond acceptors (Lipinski definition) is 3. The topological polar surface area (TPSA) is 40.5 Å². The molecule has 1 N–H and O–H groups in total. The fourth-order valence-corrected chi connectivity index (χ4v) is 8.08. The number of rotatable bonds is 0. The van der Waals surface area contributed by atoms with Gasteiger partial charge >= 0.3 is 0 Å². The molecule has 0 radical (unpaired) electrons. The van der Waals surface area contributed by atoms with Gasteiger partial charge in [0.05, 0.1) is 0 Å². The van der Waals surface area contributed by atoms with E-state index in [1.807, 2.05) is 33.0 Å². The van der Waals surface area contributed by atoms with Crippen LogP contribution in [0.2, 0.25) is 0 Å². The Bertz CT molecular complexity index is 963. The molecule has 3 heteroatoms. The Balaban J connectivity index is 0.000000601. The Morgan fingerprint density at radius 3 is 2.30 bits per heavy atom. The van der Waals surface area contributed by atoms with E-state index >= 15 is 0 Å². The van der Waals surface area contributed by atoms with Crippen LogP contribution in [0.15, 0.2) is 46.3 Å². The Morgan fingerprint density at radius 1 is 0.970 bits per heavy atom. The minimum atomic E-state index is -0.221. The lowest BCUT2D eigenvalue weighted by atomic mass is 9.40. The fraction of sp³-hybridized carbons (Fsp3) is 0.700. The van der Waals surface area contributed by atoms with Gasteiger partial charge in [-0.2, -0.15) is 0 Å². The Kier molecular flexibility index (Phi) is 6.13. The van der Waals surface area contributed by atoms with Crippen molar-refractivity contribution in [3.63, 3.8) is 0 Å². The van der Waals surface area contributed by atoms with Crippen LogP contribution < -0.4 is 0 Å². The number of aliphatic hydroxyl groups excluding tert-OH is 1. The Hall–Kier alpha value is -1.61. The highest BCUT2D eigenvalue weighted by atomic mass is 16.3. The first-order valence-electron chi connectivity index (χ1n) is 13.0. The normalized spacial score (nSPS) is 42.0. The van der Waals surface area contributed by atoms with Crippen molar-refractivity contribution >= 4 is 5.78 Å². The molecular weight excluding hydrogens is 406 g/mol. The first kappa shape index (κ1) is 24.5. The van der Waals surface area contributed by atoms with E-state index in [0.29, 0.717) is 5.41 Å². The summed E-state index contributed by atoms with van der Waals surface area (Å²) in [5.74, 6) is 2.13. The predicted octanol–water partition coefficient (Wildman–Crippen LogP) is 7.03. The maximum Gasteiger partial charge on any atom is 0.220 e. The number of carbonyl (C=O) groups excluding carboxylic acids is 1. The lowest BCUT2D eigenvalue weighted by Gasteiger charge is -2.64. The van der Waals surface area contributed by atoms with Gasteiger partial charge in [-0.15, -0.1) is 0 Å². The van der Waals surface area contributed by atoms with Crippen molar-refractivity contribution in [2.75, 3.05) is 21.1 Å². The molecule has 3 fully saturated rings. The van der Waals surface area contributed by atoms with E-state index in [-0.39, 0.29) is 22.4 Å². The lowest BCUT2D eigenvalue weighted by Crippen LogP contribution is -2.55. The molecule has 5 aliphatic carbocycles. The molecule has 182 valence electrons. The minimum Gasteiger partial charge on any atom is -0.504 e. The van der Waals surface area contributed by atoms with Gasteiger partial charge in [0.1, 0.15) is 0 Å². The molecule has 6 atom stereocenters. The van der Waals surface area contributed by atoms with E-state index in [4.69, 9.17) is 0 Å². The third kappa shape index (κ3) is 3.79. The first-order chi connectivity index (χ1) is 15.3. The van der Waals surface area contributed by atoms with E-state index < -0.39 is 0 Å². The molecule has 0 aliphatic heterocycles. The van der Waals surface area contributed by atoms with E-state index in [2.05, 4.69) is 39.8 Å². The summed E-state index contributed by atoms with van der Waals surface area (Å²) in [7, 11) is 6.00. The van der Waals surface area contributed by atoms with Crippen LogP contribution in [0.3, 0.4) is 0 Å². The Morgan fingerprint density at radius 2 is 1.64 bits per heavy atom. The van der Waals surface area contributed by atoms with Crippen molar-refractivity contribution < 1.29 is 9.90 Å². The average Bonchev–Trinajstić information content (AvgIpc) is 2.73. The van der Waals surface area contributed by atoms with Gasteiger partial charge in [0.2, 0.25) is 5.78 Å². The monoisotopic (exact) mass is 451 g/mol. The molecule has 3 saturated carbocycles. The minimum absolute atomic E-state index is 0.0787. The molecule has 0 aromatic carbocycles. The van der Waals surface area contributed by atoms with Crippen LogP contribution in [0.1, 0.15) is 79.6 Å². The number of carbonyl (C=O) groups is 1. The van der Waals surface area contributed by atoms with Crippen LogP contribution >= 0.6 is 0 Å². The SMILES string of the molecule is CC1=C(O)C(=O)C=C2C1=CC=C1C2(C)CCC2C3CC(C)CCC3(C)CCC12C.CN(C)C.